The van der Waals surface area contributed by atoms with Gasteiger partial charge in [-0.1, -0.05) is 0 Å². The third kappa shape index (κ3) is 1.43. The van der Waals surface area contributed by atoms with E-state index in [9.17, 15) is 9.32 Å². The van der Waals surface area contributed by atoms with Crippen molar-refractivity contribution in [3.63, 3.8) is 0 Å². The van der Waals surface area contributed by atoms with Gasteiger partial charge in [0.15, 0.2) is 5.69 Å². The highest BCUT2D eigenvalue weighted by Crippen LogP contribution is 2.07. The van der Waals surface area contributed by atoms with Crippen LogP contribution in [0.2, 0.25) is 0 Å². The van der Waals surface area contributed by atoms with Crippen molar-refractivity contribution in [2.75, 3.05) is 5.73 Å². The molecule has 1 aromatic heterocycles. The largest absolute Gasteiger partial charge is 0.399 e. The van der Waals surface area contributed by atoms with Gasteiger partial charge in [-0.25, -0.2) is 14.7 Å². The van der Waals surface area contributed by atoms with Crippen LogP contribution >= 0.6 is 0 Å². The summed E-state index contributed by atoms with van der Waals surface area (Å²) in [5, 5.41) is 0. The van der Waals surface area contributed by atoms with Crippen LogP contribution in [0.3, 0.4) is 0 Å². The zero-order valence-corrected chi connectivity index (χ0v) is 5.45. The predicted octanol–water partition coefficient (Wildman–Crippen LogP) is 0.705. The smallest absolute Gasteiger partial charge is 0.397 e. The molecule has 0 aliphatic rings. The molecule has 2 N–H and O–H groups in total. The molecule has 4 nitrogen and oxygen atoms in total. The van der Waals surface area contributed by atoms with Crippen molar-refractivity contribution >= 4 is 11.7 Å². The number of halogens is 1. The van der Waals surface area contributed by atoms with Gasteiger partial charge in [0.1, 0.15) is 0 Å². The highest BCUT2D eigenvalue weighted by Gasteiger charge is 2.11. The molecule has 0 saturated carbocycles. The van der Waals surface area contributed by atoms with Crippen LogP contribution in [0.4, 0.5) is 10.2 Å². The average molecular weight is 156 g/mol. The molecule has 1 rings (SSSR count). The Morgan fingerprint density at radius 3 is 3.00 bits per heavy atom. The van der Waals surface area contributed by atoms with Crippen molar-refractivity contribution in [2.24, 2.45) is 0 Å². The molecule has 5 heteroatoms. The van der Waals surface area contributed by atoms with Crippen molar-refractivity contribution < 1.29 is 14.3 Å². The zero-order valence-electron chi connectivity index (χ0n) is 5.45. The van der Waals surface area contributed by atoms with Crippen LogP contribution in [0.25, 0.3) is 0 Å². The van der Waals surface area contributed by atoms with Gasteiger partial charge in [0, 0.05) is 10.7 Å². The van der Waals surface area contributed by atoms with Gasteiger partial charge in [-0.2, -0.15) is 0 Å². The van der Waals surface area contributed by atoms with Crippen LogP contribution in [-0.2, 0) is 4.94 Å². The van der Waals surface area contributed by atoms with E-state index in [4.69, 9.17) is 5.73 Å². The van der Waals surface area contributed by atoms with Crippen molar-refractivity contribution in [2.45, 2.75) is 0 Å². The van der Waals surface area contributed by atoms with E-state index < -0.39 is 5.97 Å². The second-order valence-electron chi connectivity index (χ2n) is 1.81. The molecule has 0 aliphatic carbocycles. The first-order valence-electron chi connectivity index (χ1n) is 2.79. The highest BCUT2D eigenvalue weighted by atomic mass is 19.3. The van der Waals surface area contributed by atoms with Crippen LogP contribution in [0.1, 0.15) is 10.5 Å². The SMILES string of the molecule is Nc1cccnc1C(=O)OF. The summed E-state index contributed by atoms with van der Waals surface area (Å²) in [6.07, 6.45) is 1.32. The van der Waals surface area contributed by atoms with Gasteiger partial charge in [-0.3, -0.25) is 0 Å². The Bertz CT molecular complexity index is 277. The number of pyridine rings is 1. The molecule has 1 aromatic rings. The molecule has 58 valence electrons. The molecule has 0 bridgehead atoms. The van der Waals surface area contributed by atoms with E-state index in [0.29, 0.717) is 0 Å². The molecule has 0 spiro atoms. The molecule has 0 saturated heterocycles. The van der Waals surface area contributed by atoms with Gasteiger partial charge in [0.2, 0.25) is 0 Å². The van der Waals surface area contributed by atoms with Gasteiger partial charge in [-0.05, 0) is 12.1 Å². The number of hydrogen-bond acceptors (Lipinski definition) is 4. The number of hydrogen-bond donors (Lipinski definition) is 1. The fraction of sp³-hybridized carbons (Fsp3) is 0. The van der Waals surface area contributed by atoms with Crippen LogP contribution in [-0.4, -0.2) is 11.0 Å². The molecule has 0 aliphatic heterocycles. The van der Waals surface area contributed by atoms with E-state index in [1.807, 2.05) is 0 Å². The number of rotatable bonds is 1. The lowest BCUT2D eigenvalue weighted by Gasteiger charge is -1.96. The number of aromatic nitrogens is 1. The average Bonchev–Trinajstić information content (AvgIpc) is 2.04. The molecular weight excluding hydrogens is 151 g/mol. The zero-order chi connectivity index (χ0) is 8.27. The van der Waals surface area contributed by atoms with Gasteiger partial charge in [0.25, 0.3) is 0 Å². The summed E-state index contributed by atoms with van der Waals surface area (Å²) in [5.74, 6) is -1.18. The van der Waals surface area contributed by atoms with E-state index in [0.717, 1.165) is 0 Å². The van der Waals surface area contributed by atoms with Crippen LogP contribution in [0, 0.1) is 0 Å². The number of carbonyl (C=O) groups excluding carboxylic acids is 1. The number of nitrogens with two attached hydrogens (primary N) is 1. The number of carbonyl (C=O) groups is 1. The van der Waals surface area contributed by atoms with Crippen molar-refractivity contribution in [1.29, 1.82) is 0 Å². The minimum Gasteiger partial charge on any atom is -0.397 e. The lowest BCUT2D eigenvalue weighted by molar-refractivity contribution is -0.0792. The third-order valence-electron chi connectivity index (χ3n) is 1.10. The minimum atomic E-state index is -1.18. The highest BCUT2D eigenvalue weighted by molar-refractivity contribution is 5.92. The Kier molecular flexibility index (Phi) is 2.00. The maximum absolute atomic E-state index is 11.3. The maximum atomic E-state index is 11.3. The van der Waals surface area contributed by atoms with E-state index in [1.165, 1.54) is 18.3 Å². The molecule has 0 unspecified atom stereocenters. The molecule has 1 heterocycles. The second-order valence-corrected chi connectivity index (χ2v) is 1.81. The first kappa shape index (κ1) is 7.46. The minimum absolute atomic E-state index is 0.0927. The predicted molar refractivity (Wildman–Crippen MR) is 35.2 cm³/mol. The normalized spacial score (nSPS) is 9.18. The topological polar surface area (TPSA) is 65.2 Å². The Labute approximate surface area is 61.7 Å². The molecule has 0 aromatic carbocycles. The summed E-state index contributed by atoms with van der Waals surface area (Å²) in [6.45, 7) is 0. The van der Waals surface area contributed by atoms with Crippen molar-refractivity contribution in [1.82, 2.24) is 4.98 Å². The third-order valence-corrected chi connectivity index (χ3v) is 1.10. The van der Waals surface area contributed by atoms with E-state index in [-0.39, 0.29) is 11.4 Å². The molecule has 0 amide bonds. The Morgan fingerprint density at radius 1 is 1.73 bits per heavy atom. The Morgan fingerprint density at radius 2 is 2.45 bits per heavy atom. The fourth-order valence-corrected chi connectivity index (χ4v) is 0.625. The summed E-state index contributed by atoms with van der Waals surface area (Å²) >= 11 is 0. The van der Waals surface area contributed by atoms with Gasteiger partial charge < -0.3 is 5.73 Å². The summed E-state index contributed by atoms with van der Waals surface area (Å²) in [6, 6.07) is 2.96. The lowest BCUT2D eigenvalue weighted by Crippen LogP contribution is -2.05. The first-order valence-corrected chi connectivity index (χ1v) is 2.79. The fourth-order valence-electron chi connectivity index (χ4n) is 0.625. The molecular formula is C6H5FN2O2. The Hall–Kier alpha value is -1.65. The molecule has 11 heavy (non-hydrogen) atoms. The van der Waals surface area contributed by atoms with E-state index >= 15 is 0 Å². The molecule has 0 radical (unpaired) electrons. The second kappa shape index (κ2) is 2.96. The summed E-state index contributed by atoms with van der Waals surface area (Å²) in [5.41, 5.74) is 5.15. The van der Waals surface area contributed by atoms with Crippen LogP contribution < -0.4 is 5.73 Å². The van der Waals surface area contributed by atoms with Crippen molar-refractivity contribution in [3.05, 3.63) is 24.0 Å². The molecule has 0 atom stereocenters. The Balaban J connectivity index is 3.03. The first-order chi connectivity index (χ1) is 5.25. The summed E-state index contributed by atoms with van der Waals surface area (Å²) in [4.78, 5) is 16.9. The molecule has 0 fully saturated rings. The maximum Gasteiger partial charge on any atom is 0.399 e. The van der Waals surface area contributed by atoms with E-state index in [1.54, 1.807) is 0 Å². The number of anilines is 1. The standard InChI is InChI=1S/C6H5FN2O2/c7-11-6(10)5-4(8)2-1-3-9-5/h1-3H,8H2. The van der Waals surface area contributed by atoms with Gasteiger partial charge in [-0.15, -0.1) is 0 Å². The number of nitrogens with zero attached hydrogens (tertiary/aromatic N) is 1. The van der Waals surface area contributed by atoms with Crippen molar-refractivity contribution in [3.8, 4) is 0 Å². The monoisotopic (exact) mass is 156 g/mol. The van der Waals surface area contributed by atoms with E-state index in [2.05, 4.69) is 9.93 Å². The van der Waals surface area contributed by atoms with Crippen LogP contribution in [0.15, 0.2) is 18.3 Å². The lowest BCUT2D eigenvalue weighted by atomic mass is 10.3. The summed E-state index contributed by atoms with van der Waals surface area (Å²) < 4.78 is 11.3. The van der Waals surface area contributed by atoms with Gasteiger partial charge in [0.05, 0.1) is 5.69 Å². The quantitative estimate of drug-likeness (QED) is 0.650. The van der Waals surface area contributed by atoms with Gasteiger partial charge >= 0.3 is 5.97 Å². The summed E-state index contributed by atoms with van der Waals surface area (Å²) in [7, 11) is 0. The number of nitrogen functional groups attached to an aromatic ring is 1. The van der Waals surface area contributed by atoms with Crippen LogP contribution in [0.5, 0.6) is 0 Å².